The molecular formula is C4H10O2S. The summed E-state index contributed by atoms with van der Waals surface area (Å²) in [4.78, 5) is 0. The van der Waals surface area contributed by atoms with Crippen molar-refractivity contribution in [1.82, 2.24) is 0 Å². The van der Waals surface area contributed by atoms with E-state index in [1.54, 1.807) is 20.8 Å². The van der Waals surface area contributed by atoms with Gasteiger partial charge in [0.25, 0.3) is 0 Å². The molecule has 0 heterocycles. The van der Waals surface area contributed by atoms with E-state index in [2.05, 4.69) is 0 Å². The van der Waals surface area contributed by atoms with Crippen LogP contribution in [0.5, 0.6) is 0 Å². The lowest BCUT2D eigenvalue weighted by molar-refractivity contribution is 0.528. The van der Waals surface area contributed by atoms with Gasteiger partial charge in [-0.05, 0) is 20.8 Å². The molecule has 0 aromatic heterocycles. The van der Waals surface area contributed by atoms with Crippen molar-refractivity contribution in [2.45, 2.75) is 25.5 Å². The highest BCUT2D eigenvalue weighted by atomic mass is 32.2. The number of hydrogen-bond acceptors (Lipinski definition) is 1. The van der Waals surface area contributed by atoms with E-state index in [0.717, 1.165) is 0 Å². The quantitative estimate of drug-likeness (QED) is 0.487. The van der Waals surface area contributed by atoms with Gasteiger partial charge in [-0.3, -0.25) is 0 Å². The highest BCUT2D eigenvalue weighted by molar-refractivity contribution is 7.80. The highest BCUT2D eigenvalue weighted by Crippen LogP contribution is 2.06. The summed E-state index contributed by atoms with van der Waals surface area (Å²) in [5.74, 6) is 0. The van der Waals surface area contributed by atoms with Crippen LogP contribution in [0.25, 0.3) is 0 Å². The van der Waals surface area contributed by atoms with E-state index in [1.807, 2.05) is 0 Å². The summed E-state index contributed by atoms with van der Waals surface area (Å²) in [7, 11) is 0. The molecule has 0 radical (unpaired) electrons. The monoisotopic (exact) mass is 122 g/mol. The molecule has 0 fully saturated rings. The van der Waals surface area contributed by atoms with Crippen LogP contribution in [0.15, 0.2) is 0 Å². The van der Waals surface area contributed by atoms with E-state index in [-0.39, 0.29) is 0 Å². The van der Waals surface area contributed by atoms with Crippen LogP contribution < -0.4 is 0 Å². The average Bonchev–Trinajstić information content (AvgIpc) is 1.31. The molecule has 3 heteroatoms. The Bertz CT molecular complexity index is 82.2. The molecule has 0 aromatic carbocycles. The van der Waals surface area contributed by atoms with Gasteiger partial charge in [-0.1, -0.05) is 0 Å². The van der Waals surface area contributed by atoms with Crippen molar-refractivity contribution in [2.75, 3.05) is 0 Å². The summed E-state index contributed by atoms with van der Waals surface area (Å²) >= 11 is -1.68. The van der Waals surface area contributed by atoms with Crippen molar-refractivity contribution in [3.8, 4) is 0 Å². The molecule has 0 amide bonds. The van der Waals surface area contributed by atoms with Gasteiger partial charge >= 0.3 is 0 Å². The van der Waals surface area contributed by atoms with Crippen LogP contribution >= 0.6 is 0 Å². The second kappa shape index (κ2) is 1.92. The van der Waals surface area contributed by atoms with Crippen LogP contribution in [0.4, 0.5) is 0 Å². The zero-order valence-corrected chi connectivity index (χ0v) is 5.58. The van der Waals surface area contributed by atoms with Crippen LogP contribution in [0.3, 0.4) is 0 Å². The first-order chi connectivity index (χ1) is 2.94. The fourth-order valence-corrected chi connectivity index (χ4v) is 0. The Morgan fingerprint density at radius 2 is 1.57 bits per heavy atom. The molecule has 0 saturated carbocycles. The molecule has 0 rings (SSSR count). The first-order valence-electron chi connectivity index (χ1n) is 2.05. The van der Waals surface area contributed by atoms with Crippen molar-refractivity contribution in [3.63, 3.8) is 0 Å². The van der Waals surface area contributed by atoms with Gasteiger partial charge in [-0.15, -0.1) is 0 Å². The molecule has 2 nitrogen and oxygen atoms in total. The molecule has 0 unspecified atom stereocenters. The predicted octanol–water partition coefficient (Wildman–Crippen LogP) is 1.01. The van der Waals surface area contributed by atoms with Gasteiger partial charge < -0.3 is 4.55 Å². The van der Waals surface area contributed by atoms with E-state index >= 15 is 0 Å². The van der Waals surface area contributed by atoms with E-state index in [1.165, 1.54) is 0 Å². The summed E-state index contributed by atoms with van der Waals surface area (Å²) in [5, 5.41) is 0. The van der Waals surface area contributed by atoms with Crippen molar-refractivity contribution in [2.24, 2.45) is 0 Å². The fraction of sp³-hybridized carbons (Fsp3) is 1.00. The Morgan fingerprint density at radius 1 is 1.43 bits per heavy atom. The summed E-state index contributed by atoms with van der Waals surface area (Å²) in [6, 6.07) is 0. The number of hydrogen-bond donors (Lipinski definition) is 1. The van der Waals surface area contributed by atoms with Crippen molar-refractivity contribution >= 4 is 11.1 Å². The molecular weight excluding hydrogens is 112 g/mol. The lowest BCUT2D eigenvalue weighted by Crippen LogP contribution is -2.20. The Hall–Kier alpha value is 0.110. The maximum Gasteiger partial charge on any atom is 0.158 e. The van der Waals surface area contributed by atoms with Gasteiger partial charge in [-0.25, -0.2) is 4.21 Å². The largest absolute Gasteiger partial charge is 0.306 e. The third-order valence-electron chi connectivity index (χ3n) is 0.524. The van der Waals surface area contributed by atoms with Crippen LogP contribution in [0.2, 0.25) is 0 Å². The standard InChI is InChI=1S/C4H10O2S/c1-4(2,3)7(5)6/h1-3H3,(H,5,6). The normalized spacial score (nSPS) is 16.6. The molecule has 0 saturated heterocycles. The first-order valence-corrected chi connectivity index (χ1v) is 3.16. The van der Waals surface area contributed by atoms with Crippen molar-refractivity contribution in [1.29, 1.82) is 0 Å². The van der Waals surface area contributed by atoms with E-state index in [9.17, 15) is 4.21 Å². The van der Waals surface area contributed by atoms with E-state index < -0.39 is 15.8 Å². The van der Waals surface area contributed by atoms with Crippen LogP contribution in [0, 0.1) is 0 Å². The van der Waals surface area contributed by atoms with Crippen LogP contribution in [0.1, 0.15) is 20.8 Å². The lowest BCUT2D eigenvalue weighted by Gasteiger charge is -2.10. The third kappa shape index (κ3) is 2.76. The molecule has 0 bridgehead atoms. The Morgan fingerprint density at radius 3 is 1.57 bits per heavy atom. The van der Waals surface area contributed by atoms with E-state index in [0.29, 0.717) is 0 Å². The summed E-state index contributed by atoms with van der Waals surface area (Å²) in [6.45, 7) is 5.13. The molecule has 0 aliphatic carbocycles. The molecule has 0 aliphatic heterocycles. The zero-order chi connectivity index (χ0) is 6.08. The molecule has 1 atom stereocenters. The fourth-order valence-electron chi connectivity index (χ4n) is 0. The summed E-state index contributed by atoms with van der Waals surface area (Å²) in [6.07, 6.45) is 0. The minimum Gasteiger partial charge on any atom is -0.306 e. The first kappa shape index (κ1) is 7.11. The minimum atomic E-state index is -1.68. The van der Waals surface area contributed by atoms with Gasteiger partial charge in [0.15, 0.2) is 11.1 Å². The van der Waals surface area contributed by atoms with Crippen LogP contribution in [-0.2, 0) is 11.1 Å². The maximum atomic E-state index is 10.1. The van der Waals surface area contributed by atoms with Crippen LogP contribution in [-0.4, -0.2) is 13.5 Å². The second-order valence-corrected chi connectivity index (χ2v) is 4.08. The smallest absolute Gasteiger partial charge is 0.158 e. The molecule has 1 N–H and O–H groups in total. The predicted molar refractivity (Wildman–Crippen MR) is 30.5 cm³/mol. The molecule has 0 spiro atoms. The van der Waals surface area contributed by atoms with E-state index in [4.69, 9.17) is 4.55 Å². The molecule has 0 aliphatic rings. The van der Waals surface area contributed by atoms with Gasteiger partial charge in [0.1, 0.15) is 0 Å². The third-order valence-corrected chi connectivity index (χ3v) is 1.57. The lowest BCUT2D eigenvalue weighted by atomic mass is 10.3. The topological polar surface area (TPSA) is 37.3 Å². The Balaban J connectivity index is 3.79. The SMILES string of the molecule is CC(C)(C)[S@@](=O)O. The van der Waals surface area contributed by atoms with Gasteiger partial charge in [0, 0.05) is 0 Å². The Labute approximate surface area is 46.2 Å². The minimum absolute atomic E-state index is 0.472. The molecule has 44 valence electrons. The molecule has 7 heavy (non-hydrogen) atoms. The molecule has 0 aromatic rings. The Kier molecular flexibility index (Phi) is 1.95. The second-order valence-electron chi connectivity index (χ2n) is 2.36. The highest BCUT2D eigenvalue weighted by Gasteiger charge is 2.16. The van der Waals surface area contributed by atoms with Crippen molar-refractivity contribution < 1.29 is 8.76 Å². The average molecular weight is 122 g/mol. The van der Waals surface area contributed by atoms with Gasteiger partial charge in [-0.2, -0.15) is 0 Å². The maximum absolute atomic E-state index is 10.1. The summed E-state index contributed by atoms with van der Waals surface area (Å²) in [5.41, 5.74) is 0. The van der Waals surface area contributed by atoms with Gasteiger partial charge in [0.2, 0.25) is 0 Å². The summed E-state index contributed by atoms with van der Waals surface area (Å²) < 4.78 is 18.0. The van der Waals surface area contributed by atoms with Crippen molar-refractivity contribution in [3.05, 3.63) is 0 Å². The zero-order valence-electron chi connectivity index (χ0n) is 4.76. The van der Waals surface area contributed by atoms with Gasteiger partial charge in [0.05, 0.1) is 4.75 Å². The number of rotatable bonds is 0.